The molecule has 0 bridgehead atoms. The number of rotatable bonds is 9. The number of unbranched alkanes of at least 4 members (excludes halogenated alkanes) is 1. The van der Waals surface area contributed by atoms with E-state index in [2.05, 4.69) is 6.92 Å². The second kappa shape index (κ2) is 9.01. The van der Waals surface area contributed by atoms with Gasteiger partial charge in [0.25, 0.3) is 0 Å². The van der Waals surface area contributed by atoms with Gasteiger partial charge in [-0.2, -0.15) is 0 Å². The van der Waals surface area contributed by atoms with Crippen LogP contribution in [0.3, 0.4) is 0 Å². The monoisotopic (exact) mass is 401 g/mol. The second-order valence-corrected chi connectivity index (χ2v) is 8.38. The highest BCUT2D eigenvalue weighted by Gasteiger charge is 2.22. The van der Waals surface area contributed by atoms with Crippen LogP contribution in [0, 0.1) is 0 Å². The number of nitrogens with two attached hydrogens (primary N) is 1. The summed E-state index contributed by atoms with van der Waals surface area (Å²) in [5, 5.41) is 20.1. The summed E-state index contributed by atoms with van der Waals surface area (Å²) in [6.07, 6.45) is 3.06. The van der Waals surface area contributed by atoms with Crippen molar-refractivity contribution in [3.05, 3.63) is 52.2 Å². The first-order valence-corrected chi connectivity index (χ1v) is 10.4. The van der Waals surface area contributed by atoms with Gasteiger partial charge in [-0.3, -0.25) is 4.79 Å². The van der Waals surface area contributed by atoms with E-state index in [4.69, 9.17) is 10.5 Å². The van der Waals surface area contributed by atoms with Gasteiger partial charge in [-0.25, -0.2) is 0 Å². The fourth-order valence-corrected chi connectivity index (χ4v) is 4.10. The minimum absolute atomic E-state index is 0.00475. The highest BCUT2D eigenvalue weighted by Crippen LogP contribution is 2.28. The van der Waals surface area contributed by atoms with Gasteiger partial charge in [0, 0.05) is 20.2 Å². The van der Waals surface area contributed by atoms with E-state index in [1.165, 1.54) is 0 Å². The average Bonchev–Trinajstić information content (AvgIpc) is 2.73. The highest BCUT2D eigenvalue weighted by atomic mass is 32.1. The standard InChI is InChI=1S/C22H27NO4S/c1-2-3-10-27-16-5-7-20-18(12-16)21(26)17-11-15(4-6-19(17)28-20)8-9-22(23,13-24)14-25/h4-7,11-12,24-25H,2-3,8-10,13-14,23H2,1H3. The molecule has 3 aromatic rings. The molecule has 1 aromatic heterocycles. The molecule has 0 spiro atoms. The maximum absolute atomic E-state index is 13.1. The van der Waals surface area contributed by atoms with Gasteiger partial charge in [0.2, 0.25) is 0 Å². The minimum Gasteiger partial charge on any atom is -0.494 e. The van der Waals surface area contributed by atoms with Crippen LogP contribution in [0.2, 0.25) is 0 Å². The molecule has 0 fully saturated rings. The van der Waals surface area contributed by atoms with Crippen LogP contribution >= 0.6 is 11.3 Å². The molecule has 1 heterocycles. The van der Waals surface area contributed by atoms with Crippen molar-refractivity contribution in [2.45, 2.75) is 38.1 Å². The Morgan fingerprint density at radius 2 is 1.75 bits per heavy atom. The highest BCUT2D eigenvalue weighted by molar-refractivity contribution is 7.24. The zero-order valence-electron chi connectivity index (χ0n) is 16.1. The summed E-state index contributed by atoms with van der Waals surface area (Å²) in [6.45, 7) is 2.20. The van der Waals surface area contributed by atoms with Crippen LogP contribution in [0.1, 0.15) is 31.7 Å². The van der Waals surface area contributed by atoms with Crippen molar-refractivity contribution in [2.24, 2.45) is 5.73 Å². The van der Waals surface area contributed by atoms with E-state index in [1.807, 2.05) is 36.4 Å². The quantitative estimate of drug-likeness (QED) is 0.378. The Balaban J connectivity index is 1.94. The molecule has 0 atom stereocenters. The first kappa shape index (κ1) is 20.7. The summed E-state index contributed by atoms with van der Waals surface area (Å²) in [5.41, 5.74) is 5.90. The molecule has 0 amide bonds. The van der Waals surface area contributed by atoms with E-state index < -0.39 is 5.54 Å². The molecule has 0 aliphatic rings. The molecule has 4 N–H and O–H groups in total. The van der Waals surface area contributed by atoms with Gasteiger partial charge in [0.05, 0.1) is 25.4 Å². The molecule has 3 rings (SSSR count). The zero-order chi connectivity index (χ0) is 20.1. The van der Waals surface area contributed by atoms with Gasteiger partial charge in [0.15, 0.2) is 5.43 Å². The fourth-order valence-electron chi connectivity index (χ4n) is 3.06. The van der Waals surface area contributed by atoms with Crippen molar-refractivity contribution in [3.63, 3.8) is 0 Å². The zero-order valence-corrected chi connectivity index (χ0v) is 16.9. The molecule has 150 valence electrons. The third kappa shape index (κ3) is 4.52. The molecule has 2 aromatic carbocycles. The maximum atomic E-state index is 13.1. The third-order valence-corrected chi connectivity index (χ3v) is 6.16. The van der Waals surface area contributed by atoms with Gasteiger partial charge >= 0.3 is 0 Å². The van der Waals surface area contributed by atoms with Crippen molar-refractivity contribution in [1.29, 1.82) is 0 Å². The molecule has 0 radical (unpaired) electrons. The van der Waals surface area contributed by atoms with E-state index >= 15 is 0 Å². The summed E-state index contributed by atoms with van der Waals surface area (Å²) < 4.78 is 7.62. The van der Waals surface area contributed by atoms with E-state index in [-0.39, 0.29) is 18.6 Å². The van der Waals surface area contributed by atoms with Crippen molar-refractivity contribution in [3.8, 4) is 5.75 Å². The summed E-state index contributed by atoms with van der Waals surface area (Å²) in [7, 11) is 0. The maximum Gasteiger partial charge on any atom is 0.196 e. The van der Waals surface area contributed by atoms with Crippen molar-refractivity contribution < 1.29 is 14.9 Å². The van der Waals surface area contributed by atoms with Crippen molar-refractivity contribution in [2.75, 3.05) is 19.8 Å². The Morgan fingerprint density at radius 1 is 1.07 bits per heavy atom. The molecule has 28 heavy (non-hydrogen) atoms. The van der Waals surface area contributed by atoms with Crippen LogP contribution in [0.5, 0.6) is 5.75 Å². The second-order valence-electron chi connectivity index (χ2n) is 7.30. The Hall–Kier alpha value is -1.99. The Bertz CT molecular complexity index is 1010. The third-order valence-electron chi connectivity index (χ3n) is 5.01. The SMILES string of the molecule is CCCCOc1ccc2sc3ccc(CCC(N)(CO)CO)cc3c(=O)c2c1. The molecular weight excluding hydrogens is 374 g/mol. The minimum atomic E-state index is -1.01. The first-order chi connectivity index (χ1) is 13.5. The number of hydrogen-bond donors (Lipinski definition) is 3. The summed E-state index contributed by atoms with van der Waals surface area (Å²) in [6, 6.07) is 11.5. The lowest BCUT2D eigenvalue weighted by Gasteiger charge is -2.24. The van der Waals surface area contributed by atoms with E-state index in [0.717, 1.165) is 33.6 Å². The lowest BCUT2D eigenvalue weighted by Crippen LogP contribution is -2.47. The van der Waals surface area contributed by atoms with Gasteiger partial charge < -0.3 is 20.7 Å². The van der Waals surface area contributed by atoms with Crippen molar-refractivity contribution >= 4 is 31.5 Å². The molecule has 0 saturated heterocycles. The first-order valence-electron chi connectivity index (χ1n) is 9.62. The van der Waals surface area contributed by atoms with Crippen molar-refractivity contribution in [1.82, 2.24) is 0 Å². The normalized spacial score (nSPS) is 12.0. The van der Waals surface area contributed by atoms with Gasteiger partial charge in [0.1, 0.15) is 5.75 Å². The van der Waals surface area contributed by atoms with Gasteiger partial charge in [-0.1, -0.05) is 19.4 Å². The summed E-state index contributed by atoms with van der Waals surface area (Å²) >= 11 is 1.58. The molecular formula is C22H27NO4S. The van der Waals surface area contributed by atoms with Gasteiger partial charge in [-0.15, -0.1) is 11.3 Å². The average molecular weight is 402 g/mol. The number of aliphatic hydroxyl groups excluding tert-OH is 2. The lowest BCUT2D eigenvalue weighted by atomic mass is 9.93. The molecule has 0 aliphatic heterocycles. The van der Waals surface area contributed by atoms with Crippen LogP contribution in [-0.4, -0.2) is 35.6 Å². The number of ether oxygens (including phenoxy) is 1. The largest absolute Gasteiger partial charge is 0.494 e. The fraction of sp³-hybridized carbons (Fsp3) is 0.409. The number of aryl methyl sites for hydroxylation is 1. The number of benzene rings is 2. The topological polar surface area (TPSA) is 92.8 Å². The van der Waals surface area contributed by atoms with Crippen LogP contribution in [0.4, 0.5) is 0 Å². The van der Waals surface area contributed by atoms with E-state index in [0.29, 0.717) is 30.2 Å². The Kier molecular flexibility index (Phi) is 6.67. The predicted octanol–water partition coefficient (Wildman–Crippen LogP) is 3.21. The molecule has 0 saturated carbocycles. The Labute approximate surface area is 168 Å². The van der Waals surface area contributed by atoms with Crippen LogP contribution in [0.25, 0.3) is 20.2 Å². The molecule has 0 unspecified atom stereocenters. The summed E-state index contributed by atoms with van der Waals surface area (Å²) in [4.78, 5) is 13.1. The number of aliphatic hydroxyl groups is 2. The van der Waals surface area contributed by atoms with E-state index in [1.54, 1.807) is 11.3 Å². The lowest BCUT2D eigenvalue weighted by molar-refractivity contribution is 0.115. The van der Waals surface area contributed by atoms with Crippen LogP contribution in [-0.2, 0) is 6.42 Å². The molecule has 0 aliphatic carbocycles. The van der Waals surface area contributed by atoms with Gasteiger partial charge in [-0.05, 0) is 55.2 Å². The number of hydrogen-bond acceptors (Lipinski definition) is 6. The molecule has 6 heteroatoms. The molecule has 5 nitrogen and oxygen atoms in total. The van der Waals surface area contributed by atoms with E-state index in [9.17, 15) is 15.0 Å². The predicted molar refractivity (Wildman–Crippen MR) is 115 cm³/mol. The summed E-state index contributed by atoms with van der Waals surface area (Å²) in [5.74, 6) is 0.722. The number of fused-ring (bicyclic) bond motifs is 2. The van der Waals surface area contributed by atoms with Crippen LogP contribution in [0.15, 0.2) is 41.2 Å². The Morgan fingerprint density at radius 3 is 2.43 bits per heavy atom. The smallest absolute Gasteiger partial charge is 0.196 e. The van der Waals surface area contributed by atoms with Crippen LogP contribution < -0.4 is 15.9 Å².